The van der Waals surface area contributed by atoms with Crippen LogP contribution in [0, 0.1) is 0 Å². The van der Waals surface area contributed by atoms with Crippen LogP contribution in [0.25, 0.3) is 0 Å². The molecule has 15 heavy (non-hydrogen) atoms. The zero-order valence-corrected chi connectivity index (χ0v) is 8.82. The fourth-order valence-electron chi connectivity index (χ4n) is 1.25. The van der Waals surface area contributed by atoms with Crippen molar-refractivity contribution in [3.05, 3.63) is 12.2 Å². The minimum atomic E-state index is -0.906. The summed E-state index contributed by atoms with van der Waals surface area (Å²) in [6.45, 7) is 0. The summed E-state index contributed by atoms with van der Waals surface area (Å²) in [4.78, 5) is 20.3. The van der Waals surface area contributed by atoms with Gasteiger partial charge in [0.2, 0.25) is 0 Å². The molecule has 2 N–H and O–H groups in total. The molecule has 0 aliphatic carbocycles. The van der Waals surface area contributed by atoms with Crippen molar-refractivity contribution in [1.82, 2.24) is 0 Å². The highest BCUT2D eigenvalue weighted by Crippen LogP contribution is 2.07. The largest absolute Gasteiger partial charge is 0.481 e. The molecule has 0 amide bonds. The molecule has 0 aromatic carbocycles. The SMILES string of the molecule is O=C(O)/C=C\CCCCCCCC(=O)O. The molecule has 4 nitrogen and oxygen atoms in total. The summed E-state index contributed by atoms with van der Waals surface area (Å²) in [7, 11) is 0. The predicted octanol–water partition coefficient (Wildman–Crippen LogP) is 2.44. The number of allylic oxidation sites excluding steroid dienone is 1. The third-order valence-corrected chi connectivity index (χ3v) is 2.02. The maximum absolute atomic E-state index is 10.2. The second kappa shape index (κ2) is 9.24. The fourth-order valence-corrected chi connectivity index (χ4v) is 1.25. The Morgan fingerprint density at radius 2 is 1.53 bits per heavy atom. The standard InChI is InChI=1S/C11H18O4/c12-10(13)8-6-4-2-1-3-5-7-9-11(14)15/h6,8H,1-5,7,9H2,(H,12,13)(H,14,15)/b8-6-. The minimum absolute atomic E-state index is 0.249. The van der Waals surface area contributed by atoms with Gasteiger partial charge in [0.05, 0.1) is 0 Å². The van der Waals surface area contributed by atoms with Crippen LogP contribution < -0.4 is 0 Å². The first kappa shape index (κ1) is 13.7. The Kier molecular flexibility index (Phi) is 8.43. The average Bonchev–Trinajstić information content (AvgIpc) is 2.14. The molecule has 4 heteroatoms. The van der Waals surface area contributed by atoms with E-state index in [9.17, 15) is 9.59 Å². The lowest BCUT2D eigenvalue weighted by molar-refractivity contribution is -0.137. The van der Waals surface area contributed by atoms with Crippen LogP contribution in [-0.2, 0) is 9.59 Å². The topological polar surface area (TPSA) is 74.6 Å². The monoisotopic (exact) mass is 214 g/mol. The zero-order chi connectivity index (χ0) is 11.5. The van der Waals surface area contributed by atoms with Crippen molar-refractivity contribution >= 4 is 11.9 Å². The Bertz CT molecular complexity index is 221. The molecule has 0 radical (unpaired) electrons. The molecule has 86 valence electrons. The van der Waals surface area contributed by atoms with Crippen LogP contribution in [-0.4, -0.2) is 22.2 Å². The number of aliphatic carboxylic acids is 2. The third-order valence-electron chi connectivity index (χ3n) is 2.02. The van der Waals surface area contributed by atoms with Gasteiger partial charge in [0.25, 0.3) is 0 Å². The molecule has 0 spiro atoms. The van der Waals surface area contributed by atoms with Crippen molar-refractivity contribution < 1.29 is 19.8 Å². The number of carboxylic acid groups (broad SMARTS) is 2. The van der Waals surface area contributed by atoms with E-state index in [4.69, 9.17) is 10.2 Å². The van der Waals surface area contributed by atoms with E-state index in [-0.39, 0.29) is 6.42 Å². The van der Waals surface area contributed by atoms with E-state index in [1.165, 1.54) is 0 Å². The number of unbranched alkanes of at least 4 members (excludes halogenated alkanes) is 5. The van der Waals surface area contributed by atoms with Gasteiger partial charge in [-0.3, -0.25) is 4.79 Å². The highest BCUT2D eigenvalue weighted by atomic mass is 16.4. The summed E-state index contributed by atoms with van der Waals surface area (Å²) in [5, 5.41) is 16.7. The highest BCUT2D eigenvalue weighted by molar-refractivity contribution is 5.79. The van der Waals surface area contributed by atoms with Crippen LogP contribution >= 0.6 is 0 Å². The van der Waals surface area contributed by atoms with E-state index in [0.717, 1.165) is 44.6 Å². The van der Waals surface area contributed by atoms with Crippen LogP contribution in [0.3, 0.4) is 0 Å². The molecule has 0 saturated carbocycles. The molecule has 0 saturated heterocycles. The maximum Gasteiger partial charge on any atom is 0.327 e. The van der Waals surface area contributed by atoms with Gasteiger partial charge in [-0.15, -0.1) is 0 Å². The number of hydrogen-bond acceptors (Lipinski definition) is 2. The Labute approximate surface area is 89.6 Å². The number of hydrogen-bond donors (Lipinski definition) is 2. The van der Waals surface area contributed by atoms with Crippen molar-refractivity contribution in [2.75, 3.05) is 0 Å². The maximum atomic E-state index is 10.2. The minimum Gasteiger partial charge on any atom is -0.481 e. The van der Waals surface area contributed by atoms with Crippen molar-refractivity contribution in [2.24, 2.45) is 0 Å². The van der Waals surface area contributed by atoms with Gasteiger partial charge >= 0.3 is 11.9 Å². The fraction of sp³-hybridized carbons (Fsp3) is 0.636. The molecule has 0 fully saturated rings. The molecule has 0 bridgehead atoms. The smallest absolute Gasteiger partial charge is 0.327 e. The van der Waals surface area contributed by atoms with Gasteiger partial charge in [-0.05, 0) is 19.3 Å². The molecule has 0 aliphatic rings. The summed E-state index contributed by atoms with van der Waals surface area (Å²) in [6.07, 6.45) is 8.54. The highest BCUT2D eigenvalue weighted by Gasteiger charge is 1.95. The molecule has 0 aromatic rings. The predicted molar refractivity (Wildman–Crippen MR) is 56.7 cm³/mol. The van der Waals surface area contributed by atoms with Gasteiger partial charge in [0.15, 0.2) is 0 Å². The lowest BCUT2D eigenvalue weighted by Gasteiger charge is -1.97. The molecular weight excluding hydrogens is 196 g/mol. The lowest BCUT2D eigenvalue weighted by atomic mass is 10.1. The van der Waals surface area contributed by atoms with Crippen LogP contribution in [0.15, 0.2) is 12.2 Å². The number of rotatable bonds is 9. The van der Waals surface area contributed by atoms with Crippen molar-refractivity contribution in [2.45, 2.75) is 44.9 Å². The number of carbonyl (C=O) groups is 2. The van der Waals surface area contributed by atoms with Gasteiger partial charge in [0, 0.05) is 12.5 Å². The summed E-state index contributed by atoms with van der Waals surface area (Å²) in [5.74, 6) is -1.64. The normalized spacial score (nSPS) is 10.7. The first-order valence-corrected chi connectivity index (χ1v) is 5.24. The summed E-state index contributed by atoms with van der Waals surface area (Å²) < 4.78 is 0. The van der Waals surface area contributed by atoms with Gasteiger partial charge in [-0.2, -0.15) is 0 Å². The van der Waals surface area contributed by atoms with E-state index >= 15 is 0 Å². The van der Waals surface area contributed by atoms with Crippen LogP contribution in [0.5, 0.6) is 0 Å². The third kappa shape index (κ3) is 12.7. The first-order chi connectivity index (χ1) is 7.13. The molecule has 0 aliphatic heterocycles. The molecule has 0 aromatic heterocycles. The molecule has 0 rings (SSSR count). The second-order valence-corrected chi connectivity index (χ2v) is 3.44. The average molecular weight is 214 g/mol. The second-order valence-electron chi connectivity index (χ2n) is 3.44. The molecule has 0 unspecified atom stereocenters. The van der Waals surface area contributed by atoms with E-state index in [0.29, 0.717) is 0 Å². The van der Waals surface area contributed by atoms with Gasteiger partial charge < -0.3 is 10.2 Å². The quantitative estimate of drug-likeness (QED) is 0.456. The lowest BCUT2D eigenvalue weighted by Crippen LogP contribution is -1.93. The van der Waals surface area contributed by atoms with Gasteiger partial charge in [0.1, 0.15) is 0 Å². The summed E-state index contributed by atoms with van der Waals surface area (Å²) >= 11 is 0. The van der Waals surface area contributed by atoms with E-state index in [2.05, 4.69) is 0 Å². The molecule has 0 atom stereocenters. The van der Waals surface area contributed by atoms with Gasteiger partial charge in [-0.1, -0.05) is 25.3 Å². The molecular formula is C11H18O4. The van der Waals surface area contributed by atoms with E-state index in [1.807, 2.05) is 0 Å². The molecule has 0 heterocycles. The van der Waals surface area contributed by atoms with E-state index in [1.54, 1.807) is 6.08 Å². The van der Waals surface area contributed by atoms with Crippen LogP contribution in [0.1, 0.15) is 44.9 Å². The summed E-state index contributed by atoms with van der Waals surface area (Å²) in [5.41, 5.74) is 0. The Morgan fingerprint density at radius 1 is 0.933 bits per heavy atom. The Balaban J connectivity index is 3.11. The van der Waals surface area contributed by atoms with Crippen molar-refractivity contribution in [3.8, 4) is 0 Å². The van der Waals surface area contributed by atoms with Gasteiger partial charge in [-0.25, -0.2) is 4.79 Å². The zero-order valence-electron chi connectivity index (χ0n) is 8.82. The Hall–Kier alpha value is -1.32. The van der Waals surface area contributed by atoms with Crippen LogP contribution in [0.2, 0.25) is 0 Å². The summed E-state index contributed by atoms with van der Waals surface area (Å²) in [6, 6.07) is 0. The first-order valence-electron chi connectivity index (χ1n) is 5.24. The Morgan fingerprint density at radius 3 is 2.13 bits per heavy atom. The van der Waals surface area contributed by atoms with Crippen LogP contribution in [0.4, 0.5) is 0 Å². The number of carboxylic acids is 2. The van der Waals surface area contributed by atoms with E-state index < -0.39 is 11.9 Å². The van der Waals surface area contributed by atoms with Crippen molar-refractivity contribution in [3.63, 3.8) is 0 Å². The van der Waals surface area contributed by atoms with Crippen molar-refractivity contribution in [1.29, 1.82) is 0 Å².